The van der Waals surface area contributed by atoms with Gasteiger partial charge in [0.25, 0.3) is 0 Å². The van der Waals surface area contributed by atoms with Gasteiger partial charge in [-0.05, 0) is 39.1 Å². The van der Waals surface area contributed by atoms with Gasteiger partial charge in [-0.15, -0.1) is 0 Å². The molecule has 1 atom stereocenters. The van der Waals surface area contributed by atoms with Crippen molar-refractivity contribution < 1.29 is 4.74 Å². The fourth-order valence-electron chi connectivity index (χ4n) is 2.87. The lowest BCUT2D eigenvalue weighted by Crippen LogP contribution is -2.25. The van der Waals surface area contributed by atoms with Crippen molar-refractivity contribution in [3.8, 4) is 5.75 Å². The zero-order valence-corrected chi connectivity index (χ0v) is 14.6. The van der Waals surface area contributed by atoms with Gasteiger partial charge in [-0.1, -0.05) is 0 Å². The minimum absolute atomic E-state index is 0.213. The summed E-state index contributed by atoms with van der Waals surface area (Å²) in [6.45, 7) is 5.52. The quantitative estimate of drug-likeness (QED) is 0.808. The average Bonchev–Trinajstić information content (AvgIpc) is 2.96. The zero-order chi connectivity index (χ0) is 16.9. The molecular formula is C18H25N5O. The number of aromatic nitrogens is 3. The molecule has 0 N–H and O–H groups in total. The van der Waals surface area contributed by atoms with Gasteiger partial charge in [-0.25, -0.2) is 9.97 Å². The first kappa shape index (κ1) is 16.8. The Bertz CT molecular complexity index is 659. The van der Waals surface area contributed by atoms with Crippen molar-refractivity contribution in [1.29, 1.82) is 0 Å². The highest BCUT2D eigenvalue weighted by atomic mass is 16.5. The molecule has 3 rings (SSSR count). The number of pyridine rings is 1. The van der Waals surface area contributed by atoms with Crippen LogP contribution in [0.5, 0.6) is 5.75 Å². The molecule has 6 heteroatoms. The van der Waals surface area contributed by atoms with E-state index in [9.17, 15) is 0 Å². The summed E-state index contributed by atoms with van der Waals surface area (Å²) in [6.07, 6.45) is 6.80. The van der Waals surface area contributed by atoms with Crippen molar-refractivity contribution >= 4 is 0 Å². The second kappa shape index (κ2) is 7.68. The van der Waals surface area contributed by atoms with Crippen molar-refractivity contribution in [3.05, 3.63) is 47.8 Å². The first-order valence-electron chi connectivity index (χ1n) is 8.34. The molecule has 1 fully saturated rings. The Hall–Kier alpha value is -2.05. The summed E-state index contributed by atoms with van der Waals surface area (Å²) in [5.74, 6) is 1.78. The third-order valence-corrected chi connectivity index (χ3v) is 4.00. The van der Waals surface area contributed by atoms with Crippen molar-refractivity contribution in [1.82, 2.24) is 24.8 Å². The molecule has 0 bridgehead atoms. The monoisotopic (exact) mass is 327 g/mol. The predicted molar refractivity (Wildman–Crippen MR) is 92.7 cm³/mol. The zero-order valence-electron chi connectivity index (χ0n) is 14.6. The number of ether oxygens (including phenoxy) is 1. The number of hydrogen-bond donors (Lipinski definition) is 0. The highest BCUT2D eigenvalue weighted by molar-refractivity contribution is 5.23. The summed E-state index contributed by atoms with van der Waals surface area (Å²) in [5.41, 5.74) is 2.12. The fourth-order valence-corrected chi connectivity index (χ4v) is 2.87. The first-order chi connectivity index (χ1) is 11.6. The molecule has 0 saturated carbocycles. The van der Waals surface area contributed by atoms with Gasteiger partial charge in [0.1, 0.15) is 17.7 Å². The summed E-state index contributed by atoms with van der Waals surface area (Å²) in [7, 11) is 4.08. The van der Waals surface area contributed by atoms with Crippen LogP contribution in [0, 0.1) is 6.92 Å². The minimum atomic E-state index is 0.213. The molecule has 0 radical (unpaired) electrons. The van der Waals surface area contributed by atoms with Crippen LogP contribution >= 0.6 is 0 Å². The number of nitrogens with zero attached hydrogens (tertiary/aromatic N) is 5. The Morgan fingerprint density at radius 2 is 2.04 bits per heavy atom. The molecule has 0 aromatic carbocycles. The topological polar surface area (TPSA) is 54.4 Å². The molecule has 128 valence electrons. The number of hydrogen-bond acceptors (Lipinski definition) is 6. The van der Waals surface area contributed by atoms with Crippen LogP contribution in [0.25, 0.3) is 0 Å². The van der Waals surface area contributed by atoms with E-state index < -0.39 is 0 Å². The Labute approximate surface area is 143 Å². The first-order valence-corrected chi connectivity index (χ1v) is 8.34. The van der Waals surface area contributed by atoms with Crippen LogP contribution in [-0.4, -0.2) is 58.0 Å². The smallest absolute Gasteiger partial charge is 0.142 e. The summed E-state index contributed by atoms with van der Waals surface area (Å²) >= 11 is 0. The van der Waals surface area contributed by atoms with E-state index in [4.69, 9.17) is 4.74 Å². The van der Waals surface area contributed by atoms with Crippen LogP contribution < -0.4 is 4.74 Å². The largest absolute Gasteiger partial charge is 0.489 e. The molecule has 0 spiro atoms. The van der Waals surface area contributed by atoms with Crippen molar-refractivity contribution in [3.63, 3.8) is 0 Å². The Morgan fingerprint density at radius 3 is 2.79 bits per heavy atom. The normalized spacial score (nSPS) is 18.2. The fraction of sp³-hybridized carbons (Fsp3) is 0.500. The van der Waals surface area contributed by atoms with Crippen LogP contribution in [0.4, 0.5) is 0 Å². The predicted octanol–water partition coefficient (Wildman–Crippen LogP) is 1.89. The maximum absolute atomic E-state index is 6.14. The van der Waals surface area contributed by atoms with E-state index in [1.807, 2.05) is 51.7 Å². The molecule has 6 nitrogen and oxygen atoms in total. The standard InChI is InChI=1S/C18H25N5O/c1-14-9-20-18(21-10-14)13-23-7-5-17(12-23)24-16-4-6-19-15(8-16)11-22(2)3/h4,6,8-10,17H,5,7,11-13H2,1-3H3. The molecule has 0 aliphatic carbocycles. The maximum Gasteiger partial charge on any atom is 0.142 e. The Kier molecular flexibility index (Phi) is 5.37. The molecule has 1 aliphatic rings. The van der Waals surface area contributed by atoms with E-state index in [1.54, 1.807) is 0 Å². The van der Waals surface area contributed by atoms with Gasteiger partial charge < -0.3 is 9.64 Å². The second-order valence-electron chi connectivity index (χ2n) is 6.66. The third-order valence-electron chi connectivity index (χ3n) is 4.00. The molecule has 3 heterocycles. The lowest BCUT2D eigenvalue weighted by Gasteiger charge is -2.17. The number of likely N-dealkylation sites (tertiary alicyclic amines) is 1. The molecule has 2 aromatic heterocycles. The minimum Gasteiger partial charge on any atom is -0.489 e. The summed E-state index contributed by atoms with van der Waals surface area (Å²) in [5, 5.41) is 0. The van der Waals surface area contributed by atoms with E-state index >= 15 is 0 Å². The van der Waals surface area contributed by atoms with Crippen molar-refractivity contribution in [2.24, 2.45) is 0 Å². The van der Waals surface area contributed by atoms with E-state index in [-0.39, 0.29) is 6.10 Å². The van der Waals surface area contributed by atoms with Crippen LogP contribution in [0.3, 0.4) is 0 Å². The maximum atomic E-state index is 6.14. The van der Waals surface area contributed by atoms with Gasteiger partial charge in [0.15, 0.2) is 0 Å². The molecule has 2 aromatic rings. The summed E-state index contributed by atoms with van der Waals surface area (Å²) in [4.78, 5) is 17.6. The van der Waals surface area contributed by atoms with Crippen LogP contribution in [-0.2, 0) is 13.1 Å². The molecule has 1 unspecified atom stereocenters. The summed E-state index contributed by atoms with van der Waals surface area (Å²) in [6, 6.07) is 3.97. The van der Waals surface area contributed by atoms with Crippen LogP contribution in [0.1, 0.15) is 23.5 Å². The van der Waals surface area contributed by atoms with Gasteiger partial charge in [-0.2, -0.15) is 0 Å². The average molecular weight is 327 g/mol. The van der Waals surface area contributed by atoms with Crippen molar-refractivity contribution in [2.45, 2.75) is 32.5 Å². The molecule has 1 aliphatic heterocycles. The van der Waals surface area contributed by atoms with E-state index in [1.165, 1.54) is 0 Å². The van der Waals surface area contributed by atoms with Gasteiger partial charge in [0, 0.05) is 44.3 Å². The SMILES string of the molecule is Cc1cnc(CN2CCC(Oc3ccnc(CN(C)C)c3)C2)nc1. The lowest BCUT2D eigenvalue weighted by atomic mass is 10.3. The Balaban J connectivity index is 1.53. The van der Waals surface area contributed by atoms with Gasteiger partial charge in [0.05, 0.1) is 12.2 Å². The van der Waals surface area contributed by atoms with Gasteiger partial charge >= 0.3 is 0 Å². The highest BCUT2D eigenvalue weighted by Crippen LogP contribution is 2.20. The second-order valence-corrected chi connectivity index (χ2v) is 6.66. The highest BCUT2D eigenvalue weighted by Gasteiger charge is 2.24. The molecule has 1 saturated heterocycles. The molecular weight excluding hydrogens is 302 g/mol. The summed E-state index contributed by atoms with van der Waals surface area (Å²) < 4.78 is 6.14. The van der Waals surface area contributed by atoms with E-state index in [0.29, 0.717) is 0 Å². The van der Waals surface area contributed by atoms with E-state index in [2.05, 4.69) is 24.8 Å². The Morgan fingerprint density at radius 1 is 1.25 bits per heavy atom. The molecule has 24 heavy (non-hydrogen) atoms. The van der Waals surface area contributed by atoms with Gasteiger partial charge in [-0.3, -0.25) is 9.88 Å². The van der Waals surface area contributed by atoms with Crippen LogP contribution in [0.2, 0.25) is 0 Å². The molecule has 0 amide bonds. The van der Waals surface area contributed by atoms with E-state index in [0.717, 1.165) is 55.4 Å². The lowest BCUT2D eigenvalue weighted by molar-refractivity contribution is 0.196. The van der Waals surface area contributed by atoms with Crippen molar-refractivity contribution in [2.75, 3.05) is 27.2 Å². The third kappa shape index (κ3) is 4.72. The van der Waals surface area contributed by atoms with Gasteiger partial charge in [0.2, 0.25) is 0 Å². The number of rotatable bonds is 6. The van der Waals surface area contributed by atoms with Crippen LogP contribution in [0.15, 0.2) is 30.7 Å². The number of aryl methyl sites for hydroxylation is 1.